The van der Waals surface area contributed by atoms with Gasteiger partial charge in [-0.25, -0.2) is 4.68 Å². The number of hydrogen-bond donors (Lipinski definition) is 1. The van der Waals surface area contributed by atoms with Crippen molar-refractivity contribution >= 4 is 29.2 Å². The van der Waals surface area contributed by atoms with Crippen LogP contribution in [0.1, 0.15) is 19.8 Å². The van der Waals surface area contributed by atoms with Crippen LogP contribution >= 0.6 is 23.2 Å². The molecule has 0 fully saturated rings. The van der Waals surface area contributed by atoms with Crippen molar-refractivity contribution in [2.45, 2.75) is 26.3 Å². The highest BCUT2D eigenvalue weighted by Gasteiger charge is 2.18. The van der Waals surface area contributed by atoms with Crippen LogP contribution < -0.4 is 0 Å². The molecule has 0 spiro atoms. The van der Waals surface area contributed by atoms with Crippen molar-refractivity contribution in [3.63, 3.8) is 0 Å². The predicted octanol–water partition coefficient (Wildman–Crippen LogP) is 3.15. The molecule has 1 aromatic heterocycles. The van der Waals surface area contributed by atoms with E-state index in [1.165, 1.54) is 0 Å². The lowest BCUT2D eigenvalue weighted by molar-refractivity contribution is -0.138. The van der Waals surface area contributed by atoms with Gasteiger partial charge in [0.05, 0.1) is 5.02 Å². The van der Waals surface area contributed by atoms with E-state index in [0.717, 1.165) is 6.42 Å². The molecule has 1 N–H and O–H groups in total. The van der Waals surface area contributed by atoms with Crippen LogP contribution in [-0.4, -0.2) is 31.3 Å². The first-order chi connectivity index (χ1) is 10.0. The number of carboxylic acids is 1. The molecular formula is C13H14Cl2N4O2. The number of aromatic nitrogens is 4. The van der Waals surface area contributed by atoms with Gasteiger partial charge in [-0.2, -0.15) is 0 Å². The Morgan fingerprint density at radius 2 is 2.19 bits per heavy atom. The fourth-order valence-corrected chi connectivity index (χ4v) is 2.39. The molecule has 1 heterocycles. The summed E-state index contributed by atoms with van der Waals surface area (Å²) in [5.41, 5.74) is 0.624. The Morgan fingerprint density at radius 1 is 1.43 bits per heavy atom. The number of rotatable bonds is 6. The minimum atomic E-state index is -0.836. The van der Waals surface area contributed by atoms with Crippen molar-refractivity contribution in [1.82, 2.24) is 20.2 Å². The van der Waals surface area contributed by atoms with E-state index in [0.29, 0.717) is 28.0 Å². The molecule has 0 aliphatic rings. The molecule has 2 rings (SSSR count). The van der Waals surface area contributed by atoms with E-state index in [9.17, 15) is 4.79 Å². The number of carbonyl (C=O) groups is 1. The van der Waals surface area contributed by atoms with Crippen LogP contribution in [0.25, 0.3) is 11.4 Å². The Morgan fingerprint density at radius 3 is 2.86 bits per heavy atom. The minimum Gasteiger partial charge on any atom is -0.481 e. The molecular weight excluding hydrogens is 315 g/mol. The Hall–Kier alpha value is -1.66. The first-order valence-electron chi connectivity index (χ1n) is 6.44. The van der Waals surface area contributed by atoms with Crippen molar-refractivity contribution < 1.29 is 9.90 Å². The molecule has 6 nitrogen and oxygen atoms in total. The van der Waals surface area contributed by atoms with Gasteiger partial charge in [0, 0.05) is 23.6 Å². The van der Waals surface area contributed by atoms with E-state index in [1.807, 2.05) is 6.92 Å². The molecule has 1 atom stereocenters. The second-order valence-electron chi connectivity index (χ2n) is 4.68. The number of halogens is 2. The second kappa shape index (κ2) is 6.87. The molecule has 112 valence electrons. The molecule has 0 saturated carbocycles. The first kappa shape index (κ1) is 15.7. The fourth-order valence-electron chi connectivity index (χ4n) is 2.02. The van der Waals surface area contributed by atoms with E-state index in [2.05, 4.69) is 15.5 Å². The summed E-state index contributed by atoms with van der Waals surface area (Å²) in [6.07, 6.45) is 0.786. The maximum Gasteiger partial charge on any atom is 0.303 e. The topological polar surface area (TPSA) is 80.9 Å². The van der Waals surface area contributed by atoms with Crippen molar-refractivity contribution in [3.8, 4) is 11.4 Å². The Balaban J connectivity index is 2.30. The lowest BCUT2D eigenvalue weighted by Crippen LogP contribution is -2.16. The van der Waals surface area contributed by atoms with E-state index in [1.54, 1.807) is 22.9 Å². The van der Waals surface area contributed by atoms with Crippen LogP contribution in [-0.2, 0) is 11.3 Å². The zero-order valence-corrected chi connectivity index (χ0v) is 12.8. The van der Waals surface area contributed by atoms with Gasteiger partial charge in [-0.15, -0.1) is 5.10 Å². The summed E-state index contributed by atoms with van der Waals surface area (Å²) in [5, 5.41) is 21.5. The minimum absolute atomic E-state index is 0.0530. The van der Waals surface area contributed by atoms with Crippen molar-refractivity contribution in [3.05, 3.63) is 28.2 Å². The van der Waals surface area contributed by atoms with Crippen LogP contribution in [0.5, 0.6) is 0 Å². The third-order valence-electron chi connectivity index (χ3n) is 3.17. The molecule has 0 aliphatic carbocycles. The molecule has 0 saturated heterocycles. The Bertz CT molecular complexity index is 645. The molecule has 8 heteroatoms. The quantitative estimate of drug-likeness (QED) is 0.880. The van der Waals surface area contributed by atoms with E-state index < -0.39 is 5.97 Å². The van der Waals surface area contributed by atoms with Crippen LogP contribution in [0, 0.1) is 5.92 Å². The Labute approximate surface area is 131 Å². The fraction of sp³-hybridized carbons (Fsp3) is 0.385. The van der Waals surface area contributed by atoms with E-state index in [-0.39, 0.29) is 12.3 Å². The number of benzene rings is 1. The summed E-state index contributed by atoms with van der Waals surface area (Å²) < 4.78 is 1.56. The number of aliphatic carboxylic acids is 1. The summed E-state index contributed by atoms with van der Waals surface area (Å²) >= 11 is 12.1. The Kier molecular flexibility index (Phi) is 5.14. The summed E-state index contributed by atoms with van der Waals surface area (Å²) in [5.74, 6) is -0.411. The van der Waals surface area contributed by atoms with Crippen LogP contribution in [0.15, 0.2) is 18.2 Å². The highest BCUT2D eigenvalue weighted by molar-refractivity contribution is 6.35. The van der Waals surface area contributed by atoms with Crippen molar-refractivity contribution in [1.29, 1.82) is 0 Å². The average Bonchev–Trinajstić information content (AvgIpc) is 2.88. The second-order valence-corrected chi connectivity index (χ2v) is 5.52. The number of hydrogen-bond acceptors (Lipinski definition) is 4. The smallest absolute Gasteiger partial charge is 0.303 e. The van der Waals surface area contributed by atoms with Gasteiger partial charge in [-0.3, -0.25) is 4.79 Å². The average molecular weight is 329 g/mol. The molecule has 0 bridgehead atoms. The molecule has 0 radical (unpaired) electrons. The van der Waals surface area contributed by atoms with E-state index >= 15 is 0 Å². The van der Waals surface area contributed by atoms with E-state index in [4.69, 9.17) is 28.3 Å². The van der Waals surface area contributed by atoms with Gasteiger partial charge < -0.3 is 5.11 Å². The predicted molar refractivity (Wildman–Crippen MR) is 79.3 cm³/mol. The molecule has 0 aliphatic heterocycles. The lowest BCUT2D eigenvalue weighted by atomic mass is 10.0. The maximum absolute atomic E-state index is 10.9. The number of tetrazole rings is 1. The molecule has 2 aromatic rings. The highest BCUT2D eigenvalue weighted by atomic mass is 35.5. The van der Waals surface area contributed by atoms with Gasteiger partial charge in [0.15, 0.2) is 5.82 Å². The van der Waals surface area contributed by atoms with Gasteiger partial charge in [0.25, 0.3) is 0 Å². The molecule has 0 amide bonds. The van der Waals surface area contributed by atoms with Gasteiger partial charge in [-0.05, 0) is 34.5 Å². The standard InChI is InChI=1S/C13H14Cl2N4O2/c1-2-8(5-12(20)21)7-19-13(16-17-18-19)10-6-9(14)3-4-11(10)15/h3-4,6,8H,2,5,7H2,1H3,(H,20,21). The van der Waals surface area contributed by atoms with Gasteiger partial charge in [0.1, 0.15) is 0 Å². The van der Waals surface area contributed by atoms with Gasteiger partial charge in [0.2, 0.25) is 0 Å². The third-order valence-corrected chi connectivity index (χ3v) is 3.74. The maximum atomic E-state index is 10.9. The SMILES string of the molecule is CCC(CC(=O)O)Cn1nnnc1-c1cc(Cl)ccc1Cl. The van der Waals surface area contributed by atoms with Crippen LogP contribution in [0.4, 0.5) is 0 Å². The zero-order valence-electron chi connectivity index (χ0n) is 11.3. The largest absolute Gasteiger partial charge is 0.481 e. The summed E-state index contributed by atoms with van der Waals surface area (Å²) in [6, 6.07) is 5.04. The lowest BCUT2D eigenvalue weighted by Gasteiger charge is -2.13. The molecule has 21 heavy (non-hydrogen) atoms. The first-order valence-corrected chi connectivity index (χ1v) is 7.20. The zero-order chi connectivity index (χ0) is 15.4. The summed E-state index contributed by atoms with van der Waals surface area (Å²) in [4.78, 5) is 10.9. The summed E-state index contributed by atoms with van der Waals surface area (Å²) in [6.45, 7) is 2.35. The van der Waals surface area contributed by atoms with Crippen LogP contribution in [0.3, 0.4) is 0 Å². The van der Waals surface area contributed by atoms with Gasteiger partial charge in [-0.1, -0.05) is 36.5 Å². The summed E-state index contributed by atoms with van der Waals surface area (Å²) in [7, 11) is 0. The number of nitrogens with zero attached hydrogens (tertiary/aromatic N) is 4. The third kappa shape index (κ3) is 3.92. The number of carboxylic acid groups (broad SMARTS) is 1. The molecule has 1 aromatic carbocycles. The van der Waals surface area contributed by atoms with Crippen molar-refractivity contribution in [2.24, 2.45) is 5.92 Å². The van der Waals surface area contributed by atoms with Crippen LogP contribution in [0.2, 0.25) is 10.0 Å². The van der Waals surface area contributed by atoms with Crippen molar-refractivity contribution in [2.75, 3.05) is 0 Å². The van der Waals surface area contributed by atoms with Gasteiger partial charge >= 0.3 is 5.97 Å². The normalized spacial score (nSPS) is 12.3. The monoisotopic (exact) mass is 328 g/mol. The highest BCUT2D eigenvalue weighted by Crippen LogP contribution is 2.29. The molecule has 1 unspecified atom stereocenters.